The van der Waals surface area contributed by atoms with Crippen LogP contribution in [0.4, 0.5) is 8.78 Å². The first kappa shape index (κ1) is 15.1. The molecule has 2 nitrogen and oxygen atoms in total. The molecular formula is C14H22F2N2. The number of hydrogen-bond acceptors (Lipinski definition) is 2. The fourth-order valence-electron chi connectivity index (χ4n) is 2.27. The first-order valence-electron chi connectivity index (χ1n) is 6.26. The van der Waals surface area contributed by atoms with Crippen LogP contribution in [0.15, 0.2) is 24.3 Å². The maximum Gasteiger partial charge on any atom is 0.251 e. The molecule has 2 N–H and O–H groups in total. The van der Waals surface area contributed by atoms with Crippen LogP contribution < -0.4 is 5.73 Å². The van der Waals surface area contributed by atoms with E-state index in [1.165, 1.54) is 0 Å². The van der Waals surface area contributed by atoms with Crippen LogP contribution in [0.5, 0.6) is 0 Å². The molecule has 0 aliphatic rings. The van der Waals surface area contributed by atoms with Gasteiger partial charge < -0.3 is 5.73 Å². The normalized spacial score (nSPS) is 15.1. The van der Waals surface area contributed by atoms with Crippen molar-refractivity contribution < 1.29 is 8.78 Å². The van der Waals surface area contributed by atoms with Crippen molar-refractivity contribution in [3.05, 3.63) is 35.4 Å². The van der Waals surface area contributed by atoms with Gasteiger partial charge in [-0.15, -0.1) is 0 Å². The third-order valence-corrected chi connectivity index (χ3v) is 3.28. The van der Waals surface area contributed by atoms with Crippen LogP contribution in [0, 0.1) is 6.92 Å². The molecule has 102 valence electrons. The zero-order chi connectivity index (χ0) is 13.7. The first-order valence-corrected chi connectivity index (χ1v) is 6.26. The van der Waals surface area contributed by atoms with Gasteiger partial charge in [-0.2, -0.15) is 0 Å². The van der Waals surface area contributed by atoms with Gasteiger partial charge in [0.05, 0.1) is 12.6 Å². The largest absolute Gasteiger partial charge is 0.326 e. The molecule has 2 atom stereocenters. The van der Waals surface area contributed by atoms with Crippen molar-refractivity contribution in [3.8, 4) is 0 Å². The molecule has 0 saturated carbocycles. The Morgan fingerprint density at radius 2 is 1.89 bits per heavy atom. The van der Waals surface area contributed by atoms with Gasteiger partial charge in [0.25, 0.3) is 6.43 Å². The highest BCUT2D eigenvalue weighted by Crippen LogP contribution is 2.27. The molecule has 0 amide bonds. The maximum absolute atomic E-state index is 12.5. The Hall–Kier alpha value is -1.00. The Bertz CT molecular complexity index is 369. The second kappa shape index (κ2) is 6.81. The van der Waals surface area contributed by atoms with E-state index in [9.17, 15) is 8.78 Å². The minimum atomic E-state index is -2.34. The van der Waals surface area contributed by atoms with Gasteiger partial charge in [-0.3, -0.25) is 4.90 Å². The highest BCUT2D eigenvalue weighted by Gasteiger charge is 2.26. The van der Waals surface area contributed by atoms with Crippen molar-refractivity contribution >= 4 is 0 Å². The molecule has 4 heteroatoms. The molecule has 0 spiro atoms. The number of alkyl halides is 2. The van der Waals surface area contributed by atoms with Crippen molar-refractivity contribution in [1.82, 2.24) is 4.90 Å². The van der Waals surface area contributed by atoms with E-state index >= 15 is 0 Å². The topological polar surface area (TPSA) is 29.3 Å². The Labute approximate surface area is 108 Å². The summed E-state index contributed by atoms with van der Waals surface area (Å²) >= 11 is 0. The summed E-state index contributed by atoms with van der Waals surface area (Å²) in [5.74, 6) is 0. The second-order valence-electron chi connectivity index (χ2n) is 4.70. The van der Waals surface area contributed by atoms with Crippen molar-refractivity contribution in [3.63, 3.8) is 0 Å². The van der Waals surface area contributed by atoms with Crippen LogP contribution >= 0.6 is 0 Å². The summed E-state index contributed by atoms with van der Waals surface area (Å²) in [4.78, 5) is 1.65. The third kappa shape index (κ3) is 3.75. The van der Waals surface area contributed by atoms with Crippen LogP contribution in [-0.4, -0.2) is 31.0 Å². The summed E-state index contributed by atoms with van der Waals surface area (Å²) in [6, 6.07) is 7.52. The van der Waals surface area contributed by atoms with Crippen molar-refractivity contribution in [2.75, 3.05) is 13.6 Å². The van der Waals surface area contributed by atoms with E-state index in [4.69, 9.17) is 5.73 Å². The fraction of sp³-hybridized carbons (Fsp3) is 0.571. The fourth-order valence-corrected chi connectivity index (χ4v) is 2.27. The van der Waals surface area contributed by atoms with Gasteiger partial charge in [0.2, 0.25) is 0 Å². The van der Waals surface area contributed by atoms with Gasteiger partial charge >= 0.3 is 0 Å². The minimum absolute atomic E-state index is 0.144. The average molecular weight is 256 g/mol. The zero-order valence-electron chi connectivity index (χ0n) is 11.2. The predicted molar refractivity (Wildman–Crippen MR) is 70.8 cm³/mol. The molecule has 1 aromatic rings. The van der Waals surface area contributed by atoms with Crippen LogP contribution in [-0.2, 0) is 0 Å². The predicted octanol–water partition coefficient (Wildman–Crippen LogP) is 2.97. The third-order valence-electron chi connectivity index (χ3n) is 3.28. The smallest absolute Gasteiger partial charge is 0.251 e. The molecule has 0 aliphatic carbocycles. The Kier molecular flexibility index (Phi) is 5.69. The summed E-state index contributed by atoms with van der Waals surface area (Å²) < 4.78 is 25.1. The molecular weight excluding hydrogens is 234 g/mol. The van der Waals surface area contributed by atoms with E-state index in [1.54, 1.807) is 11.9 Å². The lowest BCUT2D eigenvalue weighted by atomic mass is 9.93. The molecule has 18 heavy (non-hydrogen) atoms. The van der Waals surface area contributed by atoms with Gasteiger partial charge in [0, 0.05) is 6.04 Å². The van der Waals surface area contributed by atoms with Gasteiger partial charge in [0.15, 0.2) is 0 Å². The first-order chi connectivity index (χ1) is 8.47. The number of nitrogens with zero attached hydrogens (tertiary/aromatic N) is 1. The van der Waals surface area contributed by atoms with Crippen molar-refractivity contribution in [2.45, 2.75) is 38.8 Å². The van der Waals surface area contributed by atoms with Gasteiger partial charge in [0.1, 0.15) is 0 Å². The SMILES string of the molecule is CCC(N)C(c1ccccc1C)N(C)CC(F)F. The lowest BCUT2D eigenvalue weighted by Gasteiger charge is -2.33. The number of nitrogens with two attached hydrogens (primary N) is 1. The number of halogens is 2. The van der Waals surface area contributed by atoms with Gasteiger partial charge in [-0.25, -0.2) is 8.78 Å². The Morgan fingerprint density at radius 1 is 1.28 bits per heavy atom. The quantitative estimate of drug-likeness (QED) is 0.848. The summed E-state index contributed by atoms with van der Waals surface area (Å²) in [5.41, 5.74) is 8.24. The van der Waals surface area contributed by atoms with E-state index in [2.05, 4.69) is 0 Å². The Balaban J connectivity index is 3.02. The lowest BCUT2D eigenvalue weighted by molar-refractivity contribution is 0.0733. The summed E-state index contributed by atoms with van der Waals surface area (Å²) in [7, 11) is 1.71. The average Bonchev–Trinajstić information content (AvgIpc) is 2.30. The molecule has 0 aliphatic heterocycles. The minimum Gasteiger partial charge on any atom is -0.326 e. The second-order valence-corrected chi connectivity index (χ2v) is 4.70. The number of aryl methyl sites for hydroxylation is 1. The van der Waals surface area contributed by atoms with E-state index in [0.29, 0.717) is 0 Å². The van der Waals surface area contributed by atoms with Gasteiger partial charge in [-0.05, 0) is 31.5 Å². The molecule has 1 rings (SSSR count). The molecule has 0 heterocycles. The summed E-state index contributed by atoms with van der Waals surface area (Å²) in [5, 5.41) is 0. The van der Waals surface area contributed by atoms with E-state index in [-0.39, 0.29) is 18.6 Å². The van der Waals surface area contributed by atoms with Crippen molar-refractivity contribution in [2.24, 2.45) is 5.73 Å². The lowest BCUT2D eigenvalue weighted by Crippen LogP contribution is -2.41. The molecule has 0 aromatic heterocycles. The molecule has 0 saturated heterocycles. The maximum atomic E-state index is 12.5. The number of benzene rings is 1. The molecule has 0 radical (unpaired) electrons. The number of likely N-dealkylation sites (N-methyl/N-ethyl adjacent to an activating group) is 1. The van der Waals surface area contributed by atoms with Crippen LogP contribution in [0.2, 0.25) is 0 Å². The summed E-state index contributed by atoms with van der Waals surface area (Å²) in [6.07, 6.45) is -1.59. The zero-order valence-corrected chi connectivity index (χ0v) is 11.2. The Morgan fingerprint density at radius 3 is 2.39 bits per heavy atom. The van der Waals surface area contributed by atoms with Crippen LogP contribution in [0.25, 0.3) is 0 Å². The molecule has 0 fully saturated rings. The van der Waals surface area contributed by atoms with Crippen molar-refractivity contribution in [1.29, 1.82) is 0 Å². The van der Waals surface area contributed by atoms with E-state index in [0.717, 1.165) is 17.5 Å². The highest BCUT2D eigenvalue weighted by atomic mass is 19.3. The summed E-state index contributed by atoms with van der Waals surface area (Å²) in [6.45, 7) is 3.71. The standard InChI is InChI=1S/C14H22F2N2/c1-4-12(17)14(18(3)9-13(15)16)11-8-6-5-7-10(11)2/h5-8,12-14H,4,9,17H2,1-3H3. The number of rotatable bonds is 6. The van der Waals surface area contributed by atoms with Crippen LogP contribution in [0.3, 0.4) is 0 Å². The van der Waals surface area contributed by atoms with Crippen LogP contribution in [0.1, 0.15) is 30.5 Å². The van der Waals surface area contributed by atoms with Gasteiger partial charge in [-0.1, -0.05) is 31.2 Å². The molecule has 2 unspecified atom stereocenters. The monoisotopic (exact) mass is 256 g/mol. The van der Waals surface area contributed by atoms with E-state index < -0.39 is 6.43 Å². The molecule has 1 aromatic carbocycles. The highest BCUT2D eigenvalue weighted by molar-refractivity contribution is 5.29. The molecule has 0 bridgehead atoms. The number of hydrogen-bond donors (Lipinski definition) is 1. The van der Waals surface area contributed by atoms with E-state index in [1.807, 2.05) is 38.1 Å².